The summed E-state index contributed by atoms with van der Waals surface area (Å²) in [5.74, 6) is -0.209. The summed E-state index contributed by atoms with van der Waals surface area (Å²) in [6.07, 6.45) is 0.881. The molecule has 1 aromatic carbocycles. The van der Waals surface area contributed by atoms with Crippen molar-refractivity contribution in [3.05, 3.63) is 29.8 Å². The SMILES string of the molecule is CC(CCN(C)C)NC(=O)c1ccccc1O. The molecule has 1 rings (SSSR count). The Kier molecular flexibility index (Phi) is 4.97. The van der Waals surface area contributed by atoms with E-state index in [0.717, 1.165) is 13.0 Å². The van der Waals surface area contributed by atoms with Crippen molar-refractivity contribution in [1.82, 2.24) is 10.2 Å². The Balaban J connectivity index is 2.52. The molecule has 0 radical (unpaired) electrons. The standard InChI is InChI=1S/C13H20N2O2/c1-10(8-9-15(2)3)14-13(17)11-6-4-5-7-12(11)16/h4-7,10,16H,8-9H2,1-3H3,(H,14,17). The number of phenols is 1. The van der Waals surface area contributed by atoms with Gasteiger partial charge >= 0.3 is 0 Å². The summed E-state index contributed by atoms with van der Waals surface area (Å²) in [6, 6.07) is 6.65. The Morgan fingerprint density at radius 2 is 2.06 bits per heavy atom. The highest BCUT2D eigenvalue weighted by Crippen LogP contribution is 2.15. The van der Waals surface area contributed by atoms with Crippen LogP contribution in [0.3, 0.4) is 0 Å². The first-order chi connectivity index (χ1) is 8.00. The van der Waals surface area contributed by atoms with Crippen molar-refractivity contribution in [2.75, 3.05) is 20.6 Å². The molecule has 0 saturated carbocycles. The predicted octanol–water partition coefficient (Wildman–Crippen LogP) is 1.46. The summed E-state index contributed by atoms with van der Waals surface area (Å²) in [7, 11) is 4.00. The van der Waals surface area contributed by atoms with Gasteiger partial charge in [0.05, 0.1) is 5.56 Å². The van der Waals surface area contributed by atoms with Gasteiger partial charge in [-0.05, 0) is 46.1 Å². The van der Waals surface area contributed by atoms with Gasteiger partial charge in [0.1, 0.15) is 5.75 Å². The minimum absolute atomic E-state index is 0.0183. The van der Waals surface area contributed by atoms with E-state index < -0.39 is 0 Å². The second-order valence-corrected chi connectivity index (χ2v) is 4.48. The molecule has 0 bridgehead atoms. The maximum absolute atomic E-state index is 11.8. The Labute approximate surface area is 102 Å². The Bertz CT molecular complexity index is 377. The molecular weight excluding hydrogens is 216 g/mol. The lowest BCUT2D eigenvalue weighted by Crippen LogP contribution is -2.34. The minimum atomic E-state index is -0.227. The number of hydrogen-bond donors (Lipinski definition) is 2. The van der Waals surface area contributed by atoms with Gasteiger partial charge in [0.15, 0.2) is 0 Å². The van der Waals surface area contributed by atoms with E-state index in [0.29, 0.717) is 5.56 Å². The number of para-hydroxylation sites is 1. The molecule has 1 amide bonds. The maximum Gasteiger partial charge on any atom is 0.255 e. The number of aromatic hydroxyl groups is 1. The molecule has 0 fully saturated rings. The van der Waals surface area contributed by atoms with E-state index in [1.165, 1.54) is 6.07 Å². The van der Waals surface area contributed by atoms with Crippen molar-refractivity contribution in [2.45, 2.75) is 19.4 Å². The first kappa shape index (κ1) is 13.5. The fraction of sp³-hybridized carbons (Fsp3) is 0.462. The molecule has 1 atom stereocenters. The molecule has 0 aliphatic carbocycles. The Morgan fingerprint density at radius 1 is 1.41 bits per heavy atom. The van der Waals surface area contributed by atoms with Crippen LogP contribution in [0.5, 0.6) is 5.75 Å². The highest BCUT2D eigenvalue weighted by Gasteiger charge is 2.12. The molecule has 4 heteroatoms. The van der Waals surface area contributed by atoms with Crippen molar-refractivity contribution in [1.29, 1.82) is 0 Å². The predicted molar refractivity (Wildman–Crippen MR) is 68.2 cm³/mol. The average Bonchev–Trinajstić information content (AvgIpc) is 2.26. The lowest BCUT2D eigenvalue weighted by Gasteiger charge is -2.17. The van der Waals surface area contributed by atoms with Gasteiger partial charge in [0.2, 0.25) is 0 Å². The first-order valence-electron chi connectivity index (χ1n) is 5.74. The van der Waals surface area contributed by atoms with Crippen molar-refractivity contribution >= 4 is 5.91 Å². The lowest BCUT2D eigenvalue weighted by molar-refractivity contribution is 0.0934. The second kappa shape index (κ2) is 6.25. The number of nitrogens with one attached hydrogen (secondary N) is 1. The van der Waals surface area contributed by atoms with E-state index in [2.05, 4.69) is 10.2 Å². The Hall–Kier alpha value is -1.55. The summed E-state index contributed by atoms with van der Waals surface area (Å²) >= 11 is 0. The third kappa shape index (κ3) is 4.44. The van der Waals surface area contributed by atoms with Crippen LogP contribution in [0.2, 0.25) is 0 Å². The van der Waals surface area contributed by atoms with Crippen LogP contribution in [0, 0.1) is 0 Å². The smallest absolute Gasteiger partial charge is 0.255 e. The van der Waals surface area contributed by atoms with Crippen LogP contribution in [0.25, 0.3) is 0 Å². The van der Waals surface area contributed by atoms with Crippen molar-refractivity contribution in [3.8, 4) is 5.75 Å². The topological polar surface area (TPSA) is 52.6 Å². The molecule has 17 heavy (non-hydrogen) atoms. The normalized spacial score (nSPS) is 12.5. The van der Waals surface area contributed by atoms with E-state index in [1.807, 2.05) is 21.0 Å². The fourth-order valence-electron chi connectivity index (χ4n) is 1.49. The number of amides is 1. The molecule has 1 unspecified atom stereocenters. The number of carbonyl (C=O) groups excluding carboxylic acids is 1. The van der Waals surface area contributed by atoms with E-state index in [1.54, 1.807) is 18.2 Å². The third-order valence-corrected chi connectivity index (χ3v) is 2.54. The number of phenolic OH excluding ortho intramolecular Hbond substituents is 1. The second-order valence-electron chi connectivity index (χ2n) is 4.48. The van der Waals surface area contributed by atoms with Crippen molar-refractivity contribution in [3.63, 3.8) is 0 Å². The third-order valence-electron chi connectivity index (χ3n) is 2.54. The maximum atomic E-state index is 11.8. The van der Waals surface area contributed by atoms with Crippen LogP contribution in [0.15, 0.2) is 24.3 Å². The zero-order chi connectivity index (χ0) is 12.8. The van der Waals surface area contributed by atoms with Gasteiger partial charge in [0, 0.05) is 6.04 Å². The molecule has 0 spiro atoms. The molecule has 94 valence electrons. The lowest BCUT2D eigenvalue weighted by atomic mass is 10.1. The highest BCUT2D eigenvalue weighted by molar-refractivity contribution is 5.96. The van der Waals surface area contributed by atoms with E-state index >= 15 is 0 Å². The van der Waals surface area contributed by atoms with Gasteiger partial charge in [-0.25, -0.2) is 0 Å². The van der Waals surface area contributed by atoms with E-state index in [9.17, 15) is 9.90 Å². The van der Waals surface area contributed by atoms with Gasteiger partial charge in [0.25, 0.3) is 5.91 Å². The van der Waals surface area contributed by atoms with Crippen LogP contribution >= 0.6 is 0 Å². The van der Waals surface area contributed by atoms with Crippen LogP contribution in [0.1, 0.15) is 23.7 Å². The number of hydrogen-bond acceptors (Lipinski definition) is 3. The van der Waals surface area contributed by atoms with Gasteiger partial charge < -0.3 is 15.3 Å². The summed E-state index contributed by atoms with van der Waals surface area (Å²) in [5, 5.41) is 12.4. The van der Waals surface area contributed by atoms with Crippen LogP contribution in [-0.4, -0.2) is 42.6 Å². The molecule has 0 heterocycles. The fourth-order valence-corrected chi connectivity index (χ4v) is 1.49. The molecular formula is C13H20N2O2. The molecule has 0 aromatic heterocycles. The van der Waals surface area contributed by atoms with Gasteiger partial charge in [-0.1, -0.05) is 12.1 Å². The quantitative estimate of drug-likeness (QED) is 0.814. The molecule has 0 aliphatic heterocycles. The zero-order valence-corrected chi connectivity index (χ0v) is 10.6. The molecule has 0 saturated heterocycles. The van der Waals surface area contributed by atoms with Gasteiger partial charge in [-0.15, -0.1) is 0 Å². The highest BCUT2D eigenvalue weighted by atomic mass is 16.3. The van der Waals surface area contributed by atoms with Gasteiger partial charge in [-0.2, -0.15) is 0 Å². The summed E-state index contributed by atoms with van der Waals surface area (Å²) in [6.45, 7) is 2.88. The largest absolute Gasteiger partial charge is 0.507 e. The number of rotatable bonds is 5. The van der Waals surface area contributed by atoms with E-state index in [-0.39, 0.29) is 17.7 Å². The van der Waals surface area contributed by atoms with Crippen molar-refractivity contribution < 1.29 is 9.90 Å². The van der Waals surface area contributed by atoms with Crippen LogP contribution in [0.4, 0.5) is 0 Å². The summed E-state index contributed by atoms with van der Waals surface area (Å²) in [4.78, 5) is 13.9. The summed E-state index contributed by atoms with van der Waals surface area (Å²) in [5.41, 5.74) is 0.323. The number of nitrogens with zero attached hydrogens (tertiary/aromatic N) is 1. The van der Waals surface area contributed by atoms with E-state index in [4.69, 9.17) is 0 Å². The summed E-state index contributed by atoms with van der Waals surface area (Å²) < 4.78 is 0. The molecule has 0 aliphatic rings. The molecule has 4 nitrogen and oxygen atoms in total. The van der Waals surface area contributed by atoms with Crippen molar-refractivity contribution in [2.24, 2.45) is 0 Å². The average molecular weight is 236 g/mol. The molecule has 2 N–H and O–H groups in total. The first-order valence-corrected chi connectivity index (χ1v) is 5.74. The Morgan fingerprint density at radius 3 is 2.65 bits per heavy atom. The minimum Gasteiger partial charge on any atom is -0.507 e. The number of carbonyl (C=O) groups is 1. The van der Waals surface area contributed by atoms with Crippen LogP contribution < -0.4 is 5.32 Å². The number of benzene rings is 1. The van der Waals surface area contributed by atoms with Crippen LogP contribution in [-0.2, 0) is 0 Å². The van der Waals surface area contributed by atoms with Gasteiger partial charge in [-0.3, -0.25) is 4.79 Å². The molecule has 1 aromatic rings. The monoisotopic (exact) mass is 236 g/mol. The zero-order valence-electron chi connectivity index (χ0n) is 10.6.